The maximum atomic E-state index is 6.23. The number of allylic oxidation sites excluding steroid dienone is 5. The van der Waals surface area contributed by atoms with Gasteiger partial charge in [-0.2, -0.15) is 0 Å². The van der Waals surface area contributed by atoms with Crippen LogP contribution in [0.25, 0.3) is 32.7 Å². The molecule has 2 aliphatic rings. The number of rotatable bonds is 25. The van der Waals surface area contributed by atoms with Gasteiger partial charge in [-0.1, -0.05) is 224 Å². The standard InChI is InChI=1S/C73H76Br2O4/c1-7-11-40-77-47-53-26-34-56(35-27-53)72(57-36-28-54(29-37-57)48-78-41-12-8-2)51(6)64(71-63-23-17-15-21-61(63)69(75)46-67(71)72)44-65-50(5)70-62-22-16-14-20-60(62)68(74)45-66(70)73(65,58-32-24-52(25-33-58)19-18-43-76-10-4)59-38-30-55(31-39-59)49-79-42-13-9-3/h14-17,20-39,44-46H,6-13,18-19,40-43,47-49H2,1-5H3. The van der Waals surface area contributed by atoms with Crippen LogP contribution in [0.1, 0.15) is 146 Å². The molecule has 0 aromatic heterocycles. The molecular formula is C73H76Br2O4. The molecule has 0 amide bonds. The van der Waals surface area contributed by atoms with Crippen molar-refractivity contribution in [2.24, 2.45) is 0 Å². The molecule has 0 N–H and O–H groups in total. The topological polar surface area (TPSA) is 36.9 Å². The smallest absolute Gasteiger partial charge is 0.0716 e. The molecule has 10 rings (SSSR count). The van der Waals surface area contributed by atoms with Crippen molar-refractivity contribution in [1.82, 2.24) is 0 Å². The minimum Gasteiger partial charge on any atom is -0.382 e. The van der Waals surface area contributed by atoms with Gasteiger partial charge in [0, 0.05) is 42.0 Å². The summed E-state index contributed by atoms with van der Waals surface area (Å²) in [6.45, 7) is 21.9. The van der Waals surface area contributed by atoms with E-state index < -0.39 is 10.8 Å². The summed E-state index contributed by atoms with van der Waals surface area (Å²) in [5, 5.41) is 4.76. The van der Waals surface area contributed by atoms with Crippen LogP contribution < -0.4 is 0 Å². The highest BCUT2D eigenvalue weighted by molar-refractivity contribution is 9.11. The second-order valence-corrected chi connectivity index (χ2v) is 23.2. The lowest BCUT2D eigenvalue weighted by Gasteiger charge is -2.36. The molecule has 0 aliphatic heterocycles. The minimum atomic E-state index is -0.780. The van der Waals surface area contributed by atoms with E-state index in [9.17, 15) is 0 Å². The number of benzene rings is 8. The molecule has 406 valence electrons. The van der Waals surface area contributed by atoms with Gasteiger partial charge >= 0.3 is 0 Å². The molecule has 0 bridgehead atoms. The highest BCUT2D eigenvalue weighted by Gasteiger charge is 2.51. The lowest BCUT2D eigenvalue weighted by molar-refractivity contribution is 0.118. The molecule has 0 radical (unpaired) electrons. The number of fused-ring (bicyclic) bond motifs is 6. The molecule has 8 aromatic carbocycles. The lowest BCUT2D eigenvalue weighted by atomic mass is 9.65. The molecule has 1 unspecified atom stereocenters. The normalized spacial score (nSPS) is 16.2. The first-order valence-corrected chi connectivity index (χ1v) is 30.5. The van der Waals surface area contributed by atoms with Crippen molar-refractivity contribution >= 4 is 64.6 Å². The average Bonchev–Trinajstić information content (AvgIpc) is 3.63. The van der Waals surface area contributed by atoms with E-state index in [-0.39, 0.29) is 0 Å². The summed E-state index contributed by atoms with van der Waals surface area (Å²) >= 11 is 8.33. The van der Waals surface area contributed by atoms with Gasteiger partial charge in [-0.15, -0.1) is 0 Å². The second-order valence-electron chi connectivity index (χ2n) is 21.5. The summed E-state index contributed by atoms with van der Waals surface area (Å²) in [5.74, 6) is 0. The van der Waals surface area contributed by atoms with Crippen molar-refractivity contribution < 1.29 is 18.9 Å². The Balaban J connectivity index is 1.25. The van der Waals surface area contributed by atoms with Gasteiger partial charge in [0.25, 0.3) is 0 Å². The Kier molecular flexibility index (Phi) is 18.5. The summed E-state index contributed by atoms with van der Waals surface area (Å²) in [7, 11) is 0. The lowest BCUT2D eigenvalue weighted by Crippen LogP contribution is -2.30. The summed E-state index contributed by atoms with van der Waals surface area (Å²) in [4.78, 5) is 0. The first-order chi connectivity index (χ1) is 38.7. The zero-order valence-corrected chi connectivity index (χ0v) is 50.2. The Labute approximate surface area is 487 Å². The zero-order valence-electron chi connectivity index (χ0n) is 47.0. The third-order valence-electron chi connectivity index (χ3n) is 16.6. The second kappa shape index (κ2) is 25.8. The van der Waals surface area contributed by atoms with Gasteiger partial charge in [0.05, 0.1) is 30.7 Å². The first kappa shape index (κ1) is 56.6. The third-order valence-corrected chi connectivity index (χ3v) is 17.9. The number of ether oxygens (including phenoxy) is 4. The fourth-order valence-corrected chi connectivity index (χ4v) is 13.6. The van der Waals surface area contributed by atoms with Gasteiger partial charge in [0.15, 0.2) is 0 Å². The highest BCUT2D eigenvalue weighted by Crippen LogP contribution is 2.63. The van der Waals surface area contributed by atoms with E-state index in [1.807, 2.05) is 0 Å². The van der Waals surface area contributed by atoms with Crippen LogP contribution in [0.3, 0.4) is 0 Å². The Morgan fingerprint density at radius 2 is 0.823 bits per heavy atom. The summed E-state index contributed by atoms with van der Waals surface area (Å²) in [6.07, 6.45) is 10.9. The Morgan fingerprint density at radius 1 is 0.443 bits per heavy atom. The van der Waals surface area contributed by atoms with Crippen LogP contribution in [-0.4, -0.2) is 33.0 Å². The highest BCUT2D eigenvalue weighted by atomic mass is 79.9. The molecule has 6 heteroatoms. The molecule has 0 fully saturated rings. The molecule has 8 aromatic rings. The van der Waals surface area contributed by atoms with Crippen LogP contribution >= 0.6 is 31.9 Å². The molecule has 1 atom stereocenters. The van der Waals surface area contributed by atoms with Gasteiger partial charge in [-0.05, 0) is 175 Å². The van der Waals surface area contributed by atoms with E-state index in [4.69, 9.17) is 25.5 Å². The van der Waals surface area contributed by atoms with Crippen molar-refractivity contribution in [3.05, 3.63) is 257 Å². The molecule has 0 spiro atoms. The van der Waals surface area contributed by atoms with E-state index >= 15 is 0 Å². The number of hydrogen-bond donors (Lipinski definition) is 0. The molecule has 79 heavy (non-hydrogen) atoms. The first-order valence-electron chi connectivity index (χ1n) is 29.0. The van der Waals surface area contributed by atoms with E-state index in [0.29, 0.717) is 19.8 Å². The van der Waals surface area contributed by atoms with Crippen molar-refractivity contribution in [3.63, 3.8) is 0 Å². The summed E-state index contributed by atoms with van der Waals surface area (Å²) in [5.41, 5.74) is 17.5. The Bertz CT molecular complexity index is 3370. The van der Waals surface area contributed by atoms with Crippen LogP contribution in [0.2, 0.25) is 0 Å². The Morgan fingerprint density at radius 3 is 1.25 bits per heavy atom. The number of unbranched alkanes of at least 4 members (excludes halogenated alkanes) is 3. The van der Waals surface area contributed by atoms with Crippen LogP contribution in [0, 0.1) is 0 Å². The summed E-state index contributed by atoms with van der Waals surface area (Å²) < 4.78 is 26.5. The molecule has 2 aliphatic carbocycles. The number of halogens is 2. The quantitative estimate of drug-likeness (QED) is 0.0535. The van der Waals surface area contributed by atoms with Crippen LogP contribution in [0.4, 0.5) is 0 Å². The van der Waals surface area contributed by atoms with Crippen LogP contribution in [-0.2, 0) is 56.0 Å². The van der Waals surface area contributed by atoms with Gasteiger partial charge in [0.1, 0.15) is 0 Å². The SMILES string of the molecule is C=C1C(=CC2=C(C)c3c(cc(Br)c4ccccc34)C2(c2ccc(CCCOCC)cc2)c2ccc(COCCCC)cc2)c2c(cc(Br)c3ccccc23)C1(c1ccc(COCCCC)cc1)c1ccc(COCCCC)cc1. The van der Waals surface area contributed by atoms with Gasteiger partial charge in [-0.25, -0.2) is 0 Å². The van der Waals surface area contributed by atoms with Gasteiger partial charge < -0.3 is 18.9 Å². The van der Waals surface area contributed by atoms with Crippen molar-refractivity contribution in [2.45, 2.75) is 117 Å². The third kappa shape index (κ3) is 11.0. The zero-order chi connectivity index (χ0) is 54.9. The van der Waals surface area contributed by atoms with E-state index in [2.05, 4.69) is 230 Å². The van der Waals surface area contributed by atoms with Crippen molar-refractivity contribution in [2.75, 3.05) is 33.0 Å². The fraction of sp³-hybridized carbons (Fsp3) is 0.315. The molecule has 0 heterocycles. The predicted octanol–water partition coefficient (Wildman–Crippen LogP) is 19.5. The van der Waals surface area contributed by atoms with Crippen LogP contribution in [0.5, 0.6) is 0 Å². The maximum absolute atomic E-state index is 6.23. The Hall–Kier alpha value is -5.70. The fourth-order valence-electron chi connectivity index (χ4n) is 12.5. The largest absolute Gasteiger partial charge is 0.382 e. The molecule has 0 saturated heterocycles. The van der Waals surface area contributed by atoms with Crippen LogP contribution in [0.15, 0.2) is 190 Å². The monoisotopic (exact) mass is 1170 g/mol. The molecular weight excluding hydrogens is 1100 g/mol. The maximum Gasteiger partial charge on any atom is 0.0716 e. The molecule has 4 nitrogen and oxygen atoms in total. The van der Waals surface area contributed by atoms with Gasteiger partial charge in [0.2, 0.25) is 0 Å². The minimum absolute atomic E-state index is 0.570. The van der Waals surface area contributed by atoms with Crippen molar-refractivity contribution in [3.8, 4) is 0 Å². The predicted molar refractivity (Wildman–Crippen MR) is 337 cm³/mol. The molecule has 0 saturated carbocycles. The van der Waals surface area contributed by atoms with E-state index in [0.717, 1.165) is 138 Å². The van der Waals surface area contributed by atoms with Gasteiger partial charge in [-0.3, -0.25) is 0 Å². The van der Waals surface area contributed by atoms with Crippen molar-refractivity contribution in [1.29, 1.82) is 0 Å². The van der Waals surface area contributed by atoms with E-state index in [1.54, 1.807) is 0 Å². The number of aryl methyl sites for hydroxylation is 1. The number of hydrogen-bond acceptors (Lipinski definition) is 4. The average molecular weight is 1180 g/mol. The summed E-state index contributed by atoms with van der Waals surface area (Å²) in [6, 6.07) is 59.7. The van der Waals surface area contributed by atoms with E-state index in [1.165, 1.54) is 66.2 Å².